The van der Waals surface area contributed by atoms with Crippen molar-refractivity contribution >= 4 is 79.9 Å². The predicted octanol–water partition coefficient (Wildman–Crippen LogP) is 6.44. The van der Waals surface area contributed by atoms with E-state index in [1.807, 2.05) is 36.4 Å². The molecule has 0 spiro atoms. The van der Waals surface area contributed by atoms with E-state index in [2.05, 4.69) is 45.2 Å². The van der Waals surface area contributed by atoms with Gasteiger partial charge >= 0.3 is 0 Å². The number of benzene rings is 3. The molecule has 0 bridgehead atoms. The summed E-state index contributed by atoms with van der Waals surface area (Å²) < 4.78 is 18.7. The van der Waals surface area contributed by atoms with Gasteiger partial charge in [-0.1, -0.05) is 24.3 Å². The molecule has 3 aromatic rings. The first-order valence-electron chi connectivity index (χ1n) is 9.83. The van der Waals surface area contributed by atoms with Gasteiger partial charge in [-0.2, -0.15) is 0 Å². The zero-order valence-corrected chi connectivity index (χ0v) is 22.0. The van der Waals surface area contributed by atoms with Gasteiger partial charge in [0.05, 0.1) is 17.7 Å². The number of rotatable bonds is 5. The maximum atomic E-state index is 12.9. The number of carbonyl (C=O) groups is 2. The Morgan fingerprint density at radius 1 is 0.970 bits per heavy atom. The van der Waals surface area contributed by atoms with E-state index < -0.39 is 0 Å². The normalized spacial score (nSPS) is 16.1. The van der Waals surface area contributed by atoms with Gasteiger partial charge in [0.1, 0.15) is 12.4 Å². The highest BCUT2D eigenvalue weighted by Crippen LogP contribution is 2.37. The Morgan fingerprint density at radius 3 is 2.45 bits per heavy atom. The molecule has 33 heavy (non-hydrogen) atoms. The van der Waals surface area contributed by atoms with Crippen LogP contribution in [0, 0.1) is 7.14 Å². The molecule has 1 saturated heterocycles. The number of hydrogen-bond donors (Lipinski definition) is 0. The monoisotopic (exact) mass is 683 g/mol. The molecular weight excluding hydrogens is 668 g/mol. The molecule has 0 unspecified atom stereocenters. The lowest BCUT2D eigenvalue weighted by Gasteiger charge is -2.12. The van der Waals surface area contributed by atoms with Crippen molar-refractivity contribution in [2.24, 2.45) is 0 Å². The largest absolute Gasteiger partial charge is 0.487 e. The molecule has 2 heterocycles. The van der Waals surface area contributed by atoms with Crippen LogP contribution in [0.4, 0.5) is 10.5 Å². The van der Waals surface area contributed by atoms with Gasteiger partial charge in [0.2, 0.25) is 6.79 Å². The summed E-state index contributed by atoms with van der Waals surface area (Å²) in [7, 11) is 0. The van der Waals surface area contributed by atoms with Crippen LogP contribution >= 0.6 is 56.9 Å². The predicted molar refractivity (Wildman–Crippen MR) is 144 cm³/mol. The third kappa shape index (κ3) is 4.71. The van der Waals surface area contributed by atoms with Crippen molar-refractivity contribution in [2.75, 3.05) is 11.7 Å². The smallest absolute Gasteiger partial charge is 0.298 e. The van der Waals surface area contributed by atoms with Gasteiger partial charge in [0, 0.05) is 0 Å². The third-order valence-electron chi connectivity index (χ3n) is 4.95. The number of nitrogens with zero attached hydrogens (tertiary/aromatic N) is 1. The number of para-hydroxylation sites is 1. The van der Waals surface area contributed by atoms with Gasteiger partial charge in [-0.3, -0.25) is 9.59 Å². The zero-order chi connectivity index (χ0) is 22.9. The Hall–Kier alpha value is -2.25. The van der Waals surface area contributed by atoms with Crippen LogP contribution in [0.15, 0.2) is 65.6 Å². The van der Waals surface area contributed by atoms with Crippen LogP contribution in [-0.2, 0) is 11.4 Å². The minimum Gasteiger partial charge on any atom is -0.487 e. The summed E-state index contributed by atoms with van der Waals surface area (Å²) in [6, 6.07) is 18.6. The second-order valence-electron chi connectivity index (χ2n) is 7.14. The summed E-state index contributed by atoms with van der Waals surface area (Å²) >= 11 is 5.39. The van der Waals surface area contributed by atoms with Crippen molar-refractivity contribution in [1.82, 2.24) is 0 Å². The van der Waals surface area contributed by atoms with Crippen molar-refractivity contribution in [3.05, 3.63) is 83.8 Å². The highest BCUT2D eigenvalue weighted by atomic mass is 127. The first-order chi connectivity index (χ1) is 16.0. The quantitative estimate of drug-likeness (QED) is 0.228. The standard InChI is InChI=1S/C24H15I2NO5S/c25-17-8-15(11-21-23(28)27(24(29)33-21)16-4-2-1-3-5-16)9-18(26)22(17)30-12-14-6-7-19-20(10-14)32-13-31-19/h1-11H,12-13H2/b21-11-. The molecule has 166 valence electrons. The van der Waals surface area contributed by atoms with Gasteiger partial charge in [-0.05, 0) is 111 Å². The van der Waals surface area contributed by atoms with E-state index in [1.54, 1.807) is 30.3 Å². The Kier molecular flexibility index (Phi) is 6.52. The van der Waals surface area contributed by atoms with E-state index in [4.69, 9.17) is 14.2 Å². The second kappa shape index (κ2) is 9.55. The minimum absolute atomic E-state index is 0.238. The molecule has 0 radical (unpaired) electrons. The molecule has 0 aromatic heterocycles. The maximum Gasteiger partial charge on any atom is 0.298 e. The van der Waals surface area contributed by atoms with Crippen LogP contribution in [0.2, 0.25) is 0 Å². The number of fused-ring (bicyclic) bond motifs is 1. The Labute approximate surface area is 221 Å². The van der Waals surface area contributed by atoms with Gasteiger partial charge in [-0.25, -0.2) is 4.90 Å². The number of amides is 2. The molecule has 0 N–H and O–H groups in total. The fourth-order valence-electron chi connectivity index (χ4n) is 3.41. The lowest BCUT2D eigenvalue weighted by Crippen LogP contribution is -2.27. The first-order valence-corrected chi connectivity index (χ1v) is 12.8. The van der Waals surface area contributed by atoms with Gasteiger partial charge < -0.3 is 14.2 Å². The molecule has 2 aliphatic rings. The molecule has 0 saturated carbocycles. The van der Waals surface area contributed by atoms with E-state index in [0.717, 1.165) is 47.3 Å². The summed E-state index contributed by atoms with van der Waals surface area (Å²) in [6.07, 6.45) is 1.75. The van der Waals surface area contributed by atoms with Crippen LogP contribution in [-0.4, -0.2) is 17.9 Å². The summed E-state index contributed by atoms with van der Waals surface area (Å²) in [5, 5.41) is -0.300. The number of carbonyl (C=O) groups excluding carboxylic acids is 2. The van der Waals surface area contributed by atoms with Crippen molar-refractivity contribution in [3.63, 3.8) is 0 Å². The van der Waals surface area contributed by atoms with Crippen molar-refractivity contribution in [2.45, 2.75) is 6.61 Å². The maximum absolute atomic E-state index is 12.9. The van der Waals surface area contributed by atoms with Gasteiger partial charge in [-0.15, -0.1) is 0 Å². The Balaban J connectivity index is 1.34. The van der Waals surface area contributed by atoms with Crippen LogP contribution in [0.1, 0.15) is 11.1 Å². The lowest BCUT2D eigenvalue weighted by molar-refractivity contribution is -0.113. The Bertz CT molecular complexity index is 1270. The highest BCUT2D eigenvalue weighted by Gasteiger charge is 2.36. The molecule has 0 atom stereocenters. The number of hydrogen-bond acceptors (Lipinski definition) is 6. The van der Waals surface area contributed by atoms with Crippen molar-refractivity contribution in [3.8, 4) is 17.2 Å². The van der Waals surface area contributed by atoms with E-state index >= 15 is 0 Å². The Morgan fingerprint density at radius 2 is 1.70 bits per heavy atom. The molecule has 2 amide bonds. The average Bonchev–Trinajstić information content (AvgIpc) is 3.37. The molecule has 3 aromatic carbocycles. The van der Waals surface area contributed by atoms with Crippen molar-refractivity contribution in [1.29, 1.82) is 0 Å². The highest BCUT2D eigenvalue weighted by molar-refractivity contribution is 14.1. The first kappa shape index (κ1) is 22.5. The van der Waals surface area contributed by atoms with E-state index in [1.165, 1.54) is 4.90 Å². The molecule has 1 fully saturated rings. The van der Waals surface area contributed by atoms with Crippen LogP contribution in [0.5, 0.6) is 17.2 Å². The molecule has 2 aliphatic heterocycles. The van der Waals surface area contributed by atoms with Crippen molar-refractivity contribution < 1.29 is 23.8 Å². The summed E-state index contributed by atoms with van der Waals surface area (Å²) in [4.78, 5) is 26.9. The third-order valence-corrected chi connectivity index (χ3v) is 7.42. The number of anilines is 1. The second-order valence-corrected chi connectivity index (χ2v) is 10.5. The van der Waals surface area contributed by atoms with E-state index in [0.29, 0.717) is 17.2 Å². The van der Waals surface area contributed by atoms with Gasteiger partial charge in [0.25, 0.3) is 11.1 Å². The molecule has 6 nitrogen and oxygen atoms in total. The molecule has 0 aliphatic carbocycles. The van der Waals surface area contributed by atoms with E-state index in [9.17, 15) is 9.59 Å². The topological polar surface area (TPSA) is 65.1 Å². The number of ether oxygens (including phenoxy) is 3. The number of imide groups is 1. The van der Waals surface area contributed by atoms with Crippen LogP contribution in [0.3, 0.4) is 0 Å². The van der Waals surface area contributed by atoms with Crippen LogP contribution < -0.4 is 19.1 Å². The molecule has 5 rings (SSSR count). The zero-order valence-electron chi connectivity index (χ0n) is 16.9. The molecular formula is C24H15I2NO5S. The van der Waals surface area contributed by atoms with E-state index in [-0.39, 0.29) is 17.9 Å². The van der Waals surface area contributed by atoms with Crippen LogP contribution in [0.25, 0.3) is 6.08 Å². The summed E-state index contributed by atoms with van der Waals surface area (Å²) in [5.41, 5.74) is 2.38. The minimum atomic E-state index is -0.315. The SMILES string of the molecule is O=C1S/C(=C\c2cc(I)c(OCc3ccc4c(c3)OCO4)c(I)c2)C(=O)N1c1ccccc1. The molecule has 9 heteroatoms. The summed E-state index contributed by atoms with van der Waals surface area (Å²) in [6.45, 7) is 0.625. The fraction of sp³-hybridized carbons (Fsp3) is 0.0833. The number of halogens is 2. The fourth-order valence-corrected chi connectivity index (χ4v) is 6.37. The summed E-state index contributed by atoms with van der Waals surface area (Å²) in [5.74, 6) is 1.91. The number of thioether (sulfide) groups is 1. The lowest BCUT2D eigenvalue weighted by atomic mass is 10.2. The van der Waals surface area contributed by atoms with Gasteiger partial charge in [0.15, 0.2) is 11.5 Å². The average molecular weight is 683 g/mol.